The number of carboxylic acids is 1. The van der Waals surface area contributed by atoms with Gasteiger partial charge in [-0.2, -0.15) is 0 Å². The maximum atomic E-state index is 10.9. The van der Waals surface area contributed by atoms with Gasteiger partial charge in [-0.1, -0.05) is 0 Å². The molecule has 0 radical (unpaired) electrons. The van der Waals surface area contributed by atoms with E-state index in [4.69, 9.17) is 9.84 Å². The molecule has 0 aromatic heterocycles. The molecule has 76 valence electrons. The van der Waals surface area contributed by atoms with Crippen molar-refractivity contribution in [2.24, 2.45) is 0 Å². The van der Waals surface area contributed by atoms with E-state index in [0.29, 0.717) is 11.3 Å². The van der Waals surface area contributed by atoms with Crippen LogP contribution in [0.2, 0.25) is 0 Å². The van der Waals surface area contributed by atoms with Gasteiger partial charge in [0.05, 0.1) is 7.11 Å². The fourth-order valence-corrected chi connectivity index (χ4v) is 1.08. The number of ether oxygens (including phenoxy) is 1. The molecule has 0 aliphatic rings. The Balaban J connectivity index is 3.02. The first-order chi connectivity index (χ1) is 6.48. The quantitative estimate of drug-likeness (QED) is 0.727. The number of carboxylic acid groups (broad SMARTS) is 1. The van der Waals surface area contributed by atoms with Crippen molar-refractivity contribution in [3.8, 4) is 5.75 Å². The van der Waals surface area contributed by atoms with Crippen LogP contribution >= 0.6 is 0 Å². The average molecular weight is 196 g/mol. The zero-order valence-corrected chi connectivity index (χ0v) is 8.28. The van der Waals surface area contributed by atoms with E-state index in [1.165, 1.54) is 0 Å². The van der Waals surface area contributed by atoms with Crippen LogP contribution in [-0.2, 0) is 10.3 Å². The highest BCUT2D eigenvalue weighted by atomic mass is 16.5. The van der Waals surface area contributed by atoms with Crippen LogP contribution in [0, 0.1) is 0 Å². The summed E-state index contributed by atoms with van der Waals surface area (Å²) < 4.78 is 4.97. The van der Waals surface area contributed by atoms with Crippen molar-refractivity contribution in [2.45, 2.75) is 12.5 Å². The van der Waals surface area contributed by atoms with Gasteiger partial charge in [0.25, 0.3) is 0 Å². The highest BCUT2D eigenvalue weighted by molar-refractivity contribution is 5.78. The van der Waals surface area contributed by atoms with Gasteiger partial charge in [0.1, 0.15) is 5.75 Å². The first kappa shape index (κ1) is 10.5. The SMILES string of the molecule is COc1ccc([C@@](C)([NH3+])C(=O)O)cc1. The average Bonchev–Trinajstić information content (AvgIpc) is 2.17. The van der Waals surface area contributed by atoms with E-state index < -0.39 is 11.5 Å². The predicted molar refractivity (Wildman–Crippen MR) is 50.9 cm³/mol. The molecule has 0 heterocycles. The Kier molecular flexibility index (Phi) is 2.76. The molecule has 14 heavy (non-hydrogen) atoms. The van der Waals surface area contributed by atoms with Gasteiger partial charge in [-0.25, -0.2) is 4.79 Å². The number of quaternary nitrogens is 1. The second kappa shape index (κ2) is 3.67. The van der Waals surface area contributed by atoms with E-state index in [0.717, 1.165) is 0 Å². The second-order valence-electron chi connectivity index (χ2n) is 3.37. The number of carbonyl (C=O) groups is 1. The molecule has 0 aliphatic heterocycles. The third-order valence-electron chi connectivity index (χ3n) is 2.20. The number of rotatable bonds is 3. The zero-order chi connectivity index (χ0) is 10.8. The highest BCUT2D eigenvalue weighted by Crippen LogP contribution is 2.19. The van der Waals surface area contributed by atoms with Crippen molar-refractivity contribution in [3.63, 3.8) is 0 Å². The van der Waals surface area contributed by atoms with E-state index in [1.54, 1.807) is 38.3 Å². The molecule has 0 saturated heterocycles. The fourth-order valence-electron chi connectivity index (χ4n) is 1.08. The number of hydrogen-bond acceptors (Lipinski definition) is 2. The minimum absolute atomic E-state index is 0.658. The molecule has 0 unspecified atom stereocenters. The third kappa shape index (κ3) is 1.85. The molecule has 0 amide bonds. The van der Waals surface area contributed by atoms with Crippen LogP contribution < -0.4 is 10.5 Å². The summed E-state index contributed by atoms with van der Waals surface area (Å²) in [5.74, 6) is -0.238. The Morgan fingerprint density at radius 2 is 1.93 bits per heavy atom. The van der Waals surface area contributed by atoms with Crippen molar-refractivity contribution in [2.75, 3.05) is 7.11 Å². The molecule has 0 bridgehead atoms. The van der Waals surface area contributed by atoms with E-state index in [9.17, 15) is 4.79 Å². The molecule has 0 fully saturated rings. The molecule has 1 rings (SSSR count). The second-order valence-corrected chi connectivity index (χ2v) is 3.37. The van der Waals surface area contributed by atoms with Crippen LogP contribution in [0.25, 0.3) is 0 Å². The third-order valence-corrected chi connectivity index (χ3v) is 2.20. The predicted octanol–water partition coefficient (Wildman–Crippen LogP) is 0.237. The lowest BCUT2D eigenvalue weighted by molar-refractivity contribution is -0.465. The Hall–Kier alpha value is -1.55. The standard InChI is InChI=1S/C10H13NO3/c1-10(11,9(12)13)7-3-5-8(14-2)6-4-7/h3-6H,11H2,1-2H3,(H,12,13)/p+1/t10-/m1/s1. The van der Waals surface area contributed by atoms with Gasteiger partial charge >= 0.3 is 5.97 Å². The maximum absolute atomic E-state index is 10.9. The fraction of sp³-hybridized carbons (Fsp3) is 0.300. The highest BCUT2D eigenvalue weighted by Gasteiger charge is 2.34. The van der Waals surface area contributed by atoms with Crippen LogP contribution in [0.15, 0.2) is 24.3 Å². The largest absolute Gasteiger partial charge is 0.497 e. The molecule has 0 aliphatic carbocycles. The van der Waals surface area contributed by atoms with Gasteiger partial charge < -0.3 is 15.6 Å². The van der Waals surface area contributed by atoms with Crippen LogP contribution in [0.4, 0.5) is 0 Å². The summed E-state index contributed by atoms with van der Waals surface area (Å²) in [6.45, 7) is 1.57. The summed E-state index contributed by atoms with van der Waals surface area (Å²) in [7, 11) is 1.57. The monoisotopic (exact) mass is 196 g/mol. The van der Waals surface area contributed by atoms with Gasteiger partial charge in [0.2, 0.25) is 5.54 Å². The first-order valence-electron chi connectivity index (χ1n) is 4.22. The normalized spacial score (nSPS) is 14.5. The molecule has 4 N–H and O–H groups in total. The van der Waals surface area contributed by atoms with E-state index in [1.807, 2.05) is 0 Å². The van der Waals surface area contributed by atoms with E-state index >= 15 is 0 Å². The lowest BCUT2D eigenvalue weighted by Crippen LogP contribution is -2.72. The molecule has 4 nitrogen and oxygen atoms in total. The molecule has 1 atom stereocenters. The van der Waals surface area contributed by atoms with Crippen LogP contribution in [0.5, 0.6) is 5.75 Å². The summed E-state index contributed by atoms with van der Waals surface area (Å²) in [5.41, 5.74) is 3.21. The number of aliphatic carboxylic acids is 1. The first-order valence-corrected chi connectivity index (χ1v) is 4.22. The Morgan fingerprint density at radius 1 is 1.43 bits per heavy atom. The van der Waals surface area contributed by atoms with Gasteiger partial charge in [-0.3, -0.25) is 0 Å². The molecular weight excluding hydrogens is 182 g/mol. The Labute approximate surface area is 82.3 Å². The van der Waals surface area contributed by atoms with Crippen molar-refractivity contribution in [1.29, 1.82) is 0 Å². The van der Waals surface area contributed by atoms with Crippen molar-refractivity contribution in [3.05, 3.63) is 29.8 Å². The summed E-state index contributed by atoms with van der Waals surface area (Å²) in [6, 6.07) is 6.86. The lowest BCUT2D eigenvalue weighted by Gasteiger charge is -2.15. The van der Waals surface area contributed by atoms with Crippen LogP contribution in [-0.4, -0.2) is 18.2 Å². The van der Waals surface area contributed by atoms with Gasteiger partial charge in [-0.15, -0.1) is 0 Å². The molecular formula is C10H14NO3+. The van der Waals surface area contributed by atoms with Crippen molar-refractivity contribution >= 4 is 5.97 Å². The Bertz CT molecular complexity index is 330. The summed E-state index contributed by atoms with van der Waals surface area (Å²) >= 11 is 0. The van der Waals surface area contributed by atoms with Crippen molar-refractivity contribution in [1.82, 2.24) is 0 Å². The Morgan fingerprint density at radius 3 is 2.29 bits per heavy atom. The molecule has 0 saturated carbocycles. The van der Waals surface area contributed by atoms with Gasteiger partial charge in [0.15, 0.2) is 0 Å². The summed E-state index contributed by atoms with van der Waals surface area (Å²) in [6.07, 6.45) is 0. The van der Waals surface area contributed by atoms with Crippen molar-refractivity contribution < 1.29 is 20.4 Å². The molecule has 4 heteroatoms. The molecule has 1 aromatic carbocycles. The number of methoxy groups -OCH3 is 1. The van der Waals surface area contributed by atoms with Crippen LogP contribution in [0.1, 0.15) is 12.5 Å². The molecule has 1 aromatic rings. The van der Waals surface area contributed by atoms with Crippen LogP contribution in [0.3, 0.4) is 0 Å². The maximum Gasteiger partial charge on any atom is 0.370 e. The summed E-state index contributed by atoms with van der Waals surface area (Å²) in [5, 5.41) is 8.93. The zero-order valence-electron chi connectivity index (χ0n) is 8.28. The topological polar surface area (TPSA) is 74.2 Å². The van der Waals surface area contributed by atoms with Gasteiger partial charge in [0, 0.05) is 12.5 Å². The number of benzene rings is 1. The van der Waals surface area contributed by atoms with Gasteiger partial charge in [-0.05, 0) is 24.3 Å². The van der Waals surface area contributed by atoms with E-state index in [-0.39, 0.29) is 0 Å². The van der Waals surface area contributed by atoms with E-state index in [2.05, 4.69) is 5.73 Å². The lowest BCUT2D eigenvalue weighted by atomic mass is 9.93. The summed E-state index contributed by atoms with van der Waals surface area (Å²) in [4.78, 5) is 10.9. The molecule has 0 spiro atoms. The number of hydrogen-bond donors (Lipinski definition) is 2. The minimum Gasteiger partial charge on any atom is -0.497 e. The smallest absolute Gasteiger partial charge is 0.370 e. The minimum atomic E-state index is -1.10.